The molecule has 0 radical (unpaired) electrons. The Kier molecular flexibility index (Phi) is 6.07. The zero-order chi connectivity index (χ0) is 18.4. The largest absolute Gasteiger partial charge is 0.495 e. The molecule has 9 heteroatoms. The Bertz CT molecular complexity index is 867. The van der Waals surface area contributed by atoms with Crippen molar-refractivity contribution < 1.29 is 22.8 Å². The third-order valence-electron chi connectivity index (χ3n) is 3.42. The maximum Gasteiger partial charge on any atom is 0.273 e. The SMILES string of the molecule is COCc1cccc(CNS(=O)(=O)c2ccc([N+](=O)[O-])cc2OC)c1. The summed E-state index contributed by atoms with van der Waals surface area (Å²) in [6, 6.07) is 10.7. The molecule has 8 nitrogen and oxygen atoms in total. The van der Waals surface area contributed by atoms with Crippen molar-refractivity contribution >= 4 is 15.7 Å². The van der Waals surface area contributed by atoms with Crippen molar-refractivity contribution in [3.8, 4) is 5.75 Å². The molecular weight excluding hydrogens is 348 g/mol. The van der Waals surface area contributed by atoms with Crippen LogP contribution in [0.25, 0.3) is 0 Å². The molecule has 0 spiro atoms. The highest BCUT2D eigenvalue weighted by molar-refractivity contribution is 7.89. The molecular formula is C16H18N2O6S. The summed E-state index contributed by atoms with van der Waals surface area (Å²) in [6.45, 7) is 0.497. The molecule has 0 unspecified atom stereocenters. The monoisotopic (exact) mass is 366 g/mol. The van der Waals surface area contributed by atoms with Crippen molar-refractivity contribution in [1.29, 1.82) is 0 Å². The molecule has 0 bridgehead atoms. The van der Waals surface area contributed by atoms with Gasteiger partial charge in [0.2, 0.25) is 10.0 Å². The number of sulfonamides is 1. The standard InChI is InChI=1S/C16H18N2O6S/c1-23-11-13-5-3-4-12(8-13)10-17-25(21,22)16-7-6-14(18(19)20)9-15(16)24-2/h3-9,17H,10-11H2,1-2H3. The molecule has 0 fully saturated rings. The molecule has 0 saturated heterocycles. The van der Waals surface area contributed by atoms with Gasteiger partial charge < -0.3 is 9.47 Å². The summed E-state index contributed by atoms with van der Waals surface area (Å²) in [6.07, 6.45) is 0. The molecule has 0 atom stereocenters. The highest BCUT2D eigenvalue weighted by Crippen LogP contribution is 2.28. The van der Waals surface area contributed by atoms with E-state index in [1.54, 1.807) is 13.2 Å². The van der Waals surface area contributed by atoms with Gasteiger partial charge in [0.05, 0.1) is 24.7 Å². The minimum absolute atomic E-state index is 0.0695. The molecule has 2 aromatic carbocycles. The summed E-state index contributed by atoms with van der Waals surface area (Å²) >= 11 is 0. The van der Waals surface area contributed by atoms with Crippen LogP contribution in [0.5, 0.6) is 5.75 Å². The van der Waals surface area contributed by atoms with Crippen LogP contribution >= 0.6 is 0 Å². The van der Waals surface area contributed by atoms with Crippen LogP contribution < -0.4 is 9.46 Å². The third-order valence-corrected chi connectivity index (χ3v) is 4.86. The van der Waals surface area contributed by atoms with E-state index in [1.807, 2.05) is 18.2 Å². The van der Waals surface area contributed by atoms with Crippen LogP contribution in [0.4, 0.5) is 5.69 Å². The summed E-state index contributed by atoms with van der Waals surface area (Å²) in [7, 11) is -1.06. The lowest BCUT2D eigenvalue weighted by Gasteiger charge is -2.11. The number of methoxy groups -OCH3 is 2. The molecule has 0 aliphatic heterocycles. The first-order valence-corrected chi connectivity index (χ1v) is 8.74. The number of benzene rings is 2. The van der Waals surface area contributed by atoms with E-state index in [0.29, 0.717) is 6.61 Å². The molecule has 2 rings (SSSR count). The highest BCUT2D eigenvalue weighted by Gasteiger charge is 2.22. The van der Waals surface area contributed by atoms with Crippen molar-refractivity contribution in [1.82, 2.24) is 4.72 Å². The van der Waals surface area contributed by atoms with Gasteiger partial charge in [-0.25, -0.2) is 13.1 Å². The maximum atomic E-state index is 12.5. The van der Waals surface area contributed by atoms with Gasteiger partial charge in [-0.15, -0.1) is 0 Å². The second-order valence-electron chi connectivity index (χ2n) is 5.17. The molecule has 1 N–H and O–H groups in total. The molecule has 0 aliphatic rings. The van der Waals surface area contributed by atoms with Gasteiger partial charge in [-0.05, 0) is 17.2 Å². The smallest absolute Gasteiger partial charge is 0.273 e. The average Bonchev–Trinajstić information content (AvgIpc) is 2.60. The normalized spacial score (nSPS) is 11.3. The first-order chi connectivity index (χ1) is 11.9. The van der Waals surface area contributed by atoms with Crippen molar-refractivity contribution in [2.24, 2.45) is 0 Å². The van der Waals surface area contributed by atoms with Crippen LogP contribution in [-0.4, -0.2) is 27.6 Å². The Hall–Kier alpha value is -2.49. The predicted molar refractivity (Wildman–Crippen MR) is 90.8 cm³/mol. The molecule has 0 amide bonds. The number of nitro benzene ring substituents is 1. The van der Waals surface area contributed by atoms with E-state index in [4.69, 9.17) is 9.47 Å². The van der Waals surface area contributed by atoms with Gasteiger partial charge in [-0.1, -0.05) is 24.3 Å². The fourth-order valence-electron chi connectivity index (χ4n) is 2.24. The Morgan fingerprint density at radius 2 is 1.84 bits per heavy atom. The van der Waals surface area contributed by atoms with Crippen molar-refractivity contribution in [2.45, 2.75) is 18.0 Å². The van der Waals surface area contributed by atoms with Crippen LogP contribution in [0.3, 0.4) is 0 Å². The highest BCUT2D eigenvalue weighted by atomic mass is 32.2. The van der Waals surface area contributed by atoms with Crippen LogP contribution in [0.2, 0.25) is 0 Å². The van der Waals surface area contributed by atoms with Crippen LogP contribution in [0.15, 0.2) is 47.4 Å². The quantitative estimate of drug-likeness (QED) is 0.567. The second kappa shape index (κ2) is 8.06. The molecule has 134 valence electrons. The van der Waals surface area contributed by atoms with E-state index in [1.165, 1.54) is 7.11 Å². The average molecular weight is 366 g/mol. The molecule has 0 aliphatic carbocycles. The Morgan fingerprint density at radius 3 is 2.48 bits per heavy atom. The fourth-order valence-corrected chi connectivity index (χ4v) is 3.41. The zero-order valence-corrected chi connectivity index (χ0v) is 14.6. The van der Waals surface area contributed by atoms with E-state index in [0.717, 1.165) is 29.3 Å². The number of ether oxygens (including phenoxy) is 2. The molecule has 0 heterocycles. The molecule has 0 saturated carbocycles. The van der Waals surface area contributed by atoms with Gasteiger partial charge in [0.1, 0.15) is 10.6 Å². The number of hydrogen-bond acceptors (Lipinski definition) is 6. The molecule has 25 heavy (non-hydrogen) atoms. The predicted octanol–water partition coefficient (Wildman–Crippen LogP) is 2.23. The second-order valence-corrected chi connectivity index (χ2v) is 6.91. The lowest BCUT2D eigenvalue weighted by Crippen LogP contribution is -2.23. The summed E-state index contributed by atoms with van der Waals surface area (Å²) in [5.74, 6) is -0.0881. The lowest BCUT2D eigenvalue weighted by molar-refractivity contribution is -0.385. The molecule has 2 aromatic rings. The van der Waals surface area contributed by atoms with E-state index in [9.17, 15) is 18.5 Å². The van der Waals surface area contributed by atoms with E-state index < -0.39 is 14.9 Å². The summed E-state index contributed by atoms with van der Waals surface area (Å²) < 4.78 is 37.5. The fraction of sp³-hybridized carbons (Fsp3) is 0.250. The third kappa shape index (κ3) is 4.75. The summed E-state index contributed by atoms with van der Waals surface area (Å²) in [5.41, 5.74) is 1.44. The van der Waals surface area contributed by atoms with E-state index in [-0.39, 0.29) is 22.9 Å². The topological polar surface area (TPSA) is 108 Å². The summed E-state index contributed by atoms with van der Waals surface area (Å²) in [4.78, 5) is 10.0. The van der Waals surface area contributed by atoms with Gasteiger partial charge in [0.25, 0.3) is 5.69 Å². The van der Waals surface area contributed by atoms with Crippen LogP contribution in [-0.2, 0) is 27.9 Å². The Balaban J connectivity index is 2.22. The number of nitrogens with zero attached hydrogens (tertiary/aromatic N) is 1. The zero-order valence-electron chi connectivity index (χ0n) is 13.8. The first-order valence-electron chi connectivity index (χ1n) is 7.26. The van der Waals surface area contributed by atoms with Crippen molar-refractivity contribution in [3.05, 3.63) is 63.7 Å². The summed E-state index contributed by atoms with van der Waals surface area (Å²) in [5, 5.41) is 10.8. The van der Waals surface area contributed by atoms with E-state index in [2.05, 4.69) is 4.72 Å². The Morgan fingerprint density at radius 1 is 1.12 bits per heavy atom. The molecule has 0 aromatic heterocycles. The van der Waals surface area contributed by atoms with Gasteiger partial charge in [0.15, 0.2) is 0 Å². The maximum absolute atomic E-state index is 12.5. The Labute approximate surface area is 145 Å². The number of rotatable bonds is 8. The van der Waals surface area contributed by atoms with Gasteiger partial charge in [-0.2, -0.15) is 0 Å². The number of nitrogens with one attached hydrogen (secondary N) is 1. The van der Waals surface area contributed by atoms with Crippen LogP contribution in [0, 0.1) is 10.1 Å². The number of nitro groups is 1. The lowest BCUT2D eigenvalue weighted by atomic mass is 10.1. The minimum atomic E-state index is -3.90. The number of non-ortho nitro benzene ring substituents is 1. The van der Waals surface area contributed by atoms with Crippen molar-refractivity contribution in [3.63, 3.8) is 0 Å². The van der Waals surface area contributed by atoms with Gasteiger partial charge in [-0.3, -0.25) is 10.1 Å². The van der Waals surface area contributed by atoms with Crippen molar-refractivity contribution in [2.75, 3.05) is 14.2 Å². The van der Waals surface area contributed by atoms with Gasteiger partial charge >= 0.3 is 0 Å². The van der Waals surface area contributed by atoms with E-state index >= 15 is 0 Å². The van der Waals surface area contributed by atoms with Crippen LogP contribution in [0.1, 0.15) is 11.1 Å². The minimum Gasteiger partial charge on any atom is -0.495 e. The van der Waals surface area contributed by atoms with Gasteiger partial charge in [0, 0.05) is 19.7 Å². The number of hydrogen-bond donors (Lipinski definition) is 1. The first kappa shape index (κ1) is 18.8.